The van der Waals surface area contributed by atoms with E-state index in [-0.39, 0.29) is 37.3 Å². The molecule has 1 aromatic carbocycles. The first-order valence-corrected chi connectivity index (χ1v) is 10.1. The van der Waals surface area contributed by atoms with Gasteiger partial charge in [0.05, 0.1) is 19.6 Å². The number of carbonyl (C=O) groups excluding carboxylic acids is 3. The molecule has 1 aromatic rings. The van der Waals surface area contributed by atoms with Gasteiger partial charge in [-0.3, -0.25) is 14.4 Å². The molecule has 1 atom stereocenters. The van der Waals surface area contributed by atoms with Gasteiger partial charge in [-0.05, 0) is 30.5 Å². The predicted octanol–water partition coefficient (Wildman–Crippen LogP) is 1.97. The highest BCUT2D eigenvalue weighted by molar-refractivity contribution is 5.93. The Morgan fingerprint density at radius 1 is 1.37 bits per heavy atom. The lowest BCUT2D eigenvalue weighted by molar-refractivity contribution is -0.152. The number of benzene rings is 1. The largest absolute Gasteiger partial charge is 0.489 e. The summed E-state index contributed by atoms with van der Waals surface area (Å²) >= 11 is 0. The van der Waals surface area contributed by atoms with Gasteiger partial charge >= 0.3 is 5.97 Å². The van der Waals surface area contributed by atoms with E-state index in [1.165, 1.54) is 4.90 Å². The van der Waals surface area contributed by atoms with Crippen LogP contribution in [0.15, 0.2) is 36.4 Å². The van der Waals surface area contributed by atoms with Gasteiger partial charge in [-0.2, -0.15) is 0 Å². The van der Waals surface area contributed by atoms with E-state index in [1.54, 1.807) is 6.07 Å². The number of anilines is 1. The van der Waals surface area contributed by atoms with Crippen LogP contribution in [0.2, 0.25) is 0 Å². The van der Waals surface area contributed by atoms with Gasteiger partial charge in [0, 0.05) is 24.8 Å². The maximum atomic E-state index is 12.8. The smallest absolute Gasteiger partial charge is 0.308 e. The van der Waals surface area contributed by atoms with E-state index in [4.69, 9.17) is 9.47 Å². The summed E-state index contributed by atoms with van der Waals surface area (Å²) in [6.45, 7) is 10.9. The first-order valence-electron chi connectivity index (χ1n) is 10.1. The predicted molar refractivity (Wildman–Crippen MR) is 114 cm³/mol. The van der Waals surface area contributed by atoms with Gasteiger partial charge in [0.1, 0.15) is 18.4 Å². The minimum absolute atomic E-state index is 0.00520. The monoisotopic (exact) mass is 417 g/mol. The molecule has 0 bridgehead atoms. The van der Waals surface area contributed by atoms with Crippen LogP contribution in [-0.4, -0.2) is 61.6 Å². The number of nitrogens with zero attached hydrogens (tertiary/aromatic N) is 1. The zero-order valence-corrected chi connectivity index (χ0v) is 17.9. The van der Waals surface area contributed by atoms with Gasteiger partial charge in [0.15, 0.2) is 0 Å². The van der Waals surface area contributed by atoms with Crippen molar-refractivity contribution in [3.05, 3.63) is 36.4 Å². The topological polar surface area (TPSA) is 97.0 Å². The zero-order valence-electron chi connectivity index (χ0n) is 17.9. The second-order valence-corrected chi connectivity index (χ2v) is 7.80. The van der Waals surface area contributed by atoms with Gasteiger partial charge in [0.25, 0.3) is 0 Å². The fraction of sp³-hybridized carbons (Fsp3) is 0.500. The van der Waals surface area contributed by atoms with E-state index in [2.05, 4.69) is 17.2 Å². The fourth-order valence-corrected chi connectivity index (χ4v) is 2.87. The minimum Gasteiger partial charge on any atom is -0.489 e. The van der Waals surface area contributed by atoms with Crippen molar-refractivity contribution in [1.82, 2.24) is 10.2 Å². The number of nitrogens with one attached hydrogen (secondary N) is 2. The average Bonchev–Trinajstić information content (AvgIpc) is 2.70. The molecule has 1 fully saturated rings. The Morgan fingerprint density at radius 2 is 2.13 bits per heavy atom. The Labute approximate surface area is 177 Å². The van der Waals surface area contributed by atoms with Crippen LogP contribution in [-0.2, 0) is 19.1 Å². The van der Waals surface area contributed by atoms with Crippen molar-refractivity contribution in [2.24, 2.45) is 5.92 Å². The third-order valence-electron chi connectivity index (χ3n) is 4.35. The molecule has 8 heteroatoms. The number of carbonyl (C=O) groups is 3. The molecular weight excluding hydrogens is 386 g/mol. The van der Waals surface area contributed by atoms with Crippen LogP contribution in [0, 0.1) is 5.92 Å². The van der Waals surface area contributed by atoms with Crippen molar-refractivity contribution < 1.29 is 23.9 Å². The van der Waals surface area contributed by atoms with Crippen LogP contribution in [0.3, 0.4) is 0 Å². The van der Waals surface area contributed by atoms with Crippen molar-refractivity contribution in [1.29, 1.82) is 0 Å². The summed E-state index contributed by atoms with van der Waals surface area (Å²) in [5, 5.41) is 5.76. The Balaban J connectivity index is 1.95. The number of hydrogen-bond donors (Lipinski definition) is 2. The van der Waals surface area contributed by atoms with Crippen molar-refractivity contribution in [2.45, 2.75) is 33.2 Å². The lowest BCUT2D eigenvalue weighted by Crippen LogP contribution is -2.58. The highest BCUT2D eigenvalue weighted by atomic mass is 16.5. The quantitative estimate of drug-likeness (QED) is 0.446. The van der Waals surface area contributed by atoms with Gasteiger partial charge in [-0.25, -0.2) is 0 Å². The Bertz CT molecular complexity index is 778. The van der Waals surface area contributed by atoms with Crippen LogP contribution >= 0.6 is 0 Å². The van der Waals surface area contributed by atoms with E-state index in [0.29, 0.717) is 25.4 Å². The molecule has 164 valence electrons. The summed E-state index contributed by atoms with van der Waals surface area (Å²) in [6, 6.07) is 6.40. The van der Waals surface area contributed by atoms with Crippen LogP contribution < -0.4 is 15.4 Å². The SMILES string of the molecule is C=C(C)COc1cccc(NCC(=O)N2CCNC(=O)C2CC(=O)OCC(C)C)c1. The maximum absolute atomic E-state index is 12.8. The minimum atomic E-state index is -0.863. The molecule has 30 heavy (non-hydrogen) atoms. The summed E-state index contributed by atoms with van der Waals surface area (Å²) in [6.07, 6.45) is -0.158. The van der Waals surface area contributed by atoms with Crippen LogP contribution in [0.5, 0.6) is 5.75 Å². The molecule has 0 radical (unpaired) electrons. The Kier molecular flexibility index (Phi) is 8.70. The molecule has 2 amide bonds. The summed E-state index contributed by atoms with van der Waals surface area (Å²) in [4.78, 5) is 38.5. The van der Waals surface area contributed by atoms with Crippen molar-refractivity contribution >= 4 is 23.5 Å². The maximum Gasteiger partial charge on any atom is 0.308 e. The van der Waals surface area contributed by atoms with E-state index in [0.717, 1.165) is 11.3 Å². The van der Waals surface area contributed by atoms with E-state index >= 15 is 0 Å². The van der Waals surface area contributed by atoms with Crippen LogP contribution in [0.4, 0.5) is 5.69 Å². The highest BCUT2D eigenvalue weighted by Crippen LogP contribution is 2.18. The molecule has 2 rings (SSSR count). The van der Waals surface area contributed by atoms with Crippen molar-refractivity contribution in [2.75, 3.05) is 38.2 Å². The summed E-state index contributed by atoms with van der Waals surface area (Å²) in [7, 11) is 0. The van der Waals surface area contributed by atoms with Crippen LogP contribution in [0.1, 0.15) is 27.2 Å². The number of amides is 2. The van der Waals surface area contributed by atoms with E-state index in [9.17, 15) is 14.4 Å². The number of hydrogen-bond acceptors (Lipinski definition) is 6. The third kappa shape index (κ3) is 7.42. The molecule has 1 saturated heterocycles. The summed E-state index contributed by atoms with van der Waals surface area (Å²) < 4.78 is 10.8. The second-order valence-electron chi connectivity index (χ2n) is 7.80. The number of esters is 1. The molecular formula is C22H31N3O5. The lowest BCUT2D eigenvalue weighted by atomic mass is 10.1. The summed E-state index contributed by atoms with van der Waals surface area (Å²) in [5.41, 5.74) is 1.63. The second kappa shape index (κ2) is 11.2. The molecule has 8 nitrogen and oxygen atoms in total. The molecule has 1 unspecified atom stereocenters. The van der Waals surface area contributed by atoms with Gasteiger partial charge in [-0.1, -0.05) is 26.5 Å². The molecule has 1 aliphatic heterocycles. The van der Waals surface area contributed by atoms with Gasteiger partial charge in [0.2, 0.25) is 11.8 Å². The van der Waals surface area contributed by atoms with E-state index in [1.807, 2.05) is 39.0 Å². The molecule has 0 aliphatic carbocycles. The fourth-order valence-electron chi connectivity index (χ4n) is 2.87. The highest BCUT2D eigenvalue weighted by Gasteiger charge is 2.35. The van der Waals surface area contributed by atoms with Crippen molar-refractivity contribution in [3.63, 3.8) is 0 Å². The van der Waals surface area contributed by atoms with Gasteiger partial charge in [-0.15, -0.1) is 0 Å². The number of ether oxygens (including phenoxy) is 2. The van der Waals surface area contributed by atoms with E-state index < -0.39 is 12.0 Å². The standard InChI is InChI=1S/C22H31N3O5/c1-15(2)13-29-18-7-5-6-17(10-18)24-12-20(26)25-9-8-23-22(28)19(25)11-21(27)30-14-16(3)4/h5-7,10,16,19,24H,1,8-9,11-14H2,2-4H3,(H,23,28). The average molecular weight is 418 g/mol. The molecule has 0 aromatic heterocycles. The molecule has 0 saturated carbocycles. The third-order valence-corrected chi connectivity index (χ3v) is 4.35. The zero-order chi connectivity index (χ0) is 22.1. The van der Waals surface area contributed by atoms with Gasteiger partial charge < -0.3 is 25.0 Å². The molecule has 1 heterocycles. The Hall–Kier alpha value is -3.03. The first-order chi connectivity index (χ1) is 14.3. The summed E-state index contributed by atoms with van der Waals surface area (Å²) in [5.74, 6) is -0.227. The van der Waals surface area contributed by atoms with Crippen LogP contribution in [0.25, 0.3) is 0 Å². The molecule has 2 N–H and O–H groups in total. The molecule has 1 aliphatic rings. The number of rotatable bonds is 10. The molecule has 0 spiro atoms. The van der Waals surface area contributed by atoms with Crippen molar-refractivity contribution in [3.8, 4) is 5.75 Å². The first kappa shape index (κ1) is 23.3. The normalized spacial score (nSPS) is 16.1. The number of piperazine rings is 1. The Morgan fingerprint density at radius 3 is 2.83 bits per heavy atom. The lowest BCUT2D eigenvalue weighted by Gasteiger charge is -2.34.